The number of carbonyl (C=O) groups excluding carboxylic acids is 2. The number of aliphatic carboxylic acids is 2. The summed E-state index contributed by atoms with van der Waals surface area (Å²) >= 11 is -0.284. The Morgan fingerprint density at radius 2 is 1.18 bits per heavy atom. The normalized spacial score (nSPS) is 12.5. The number of amides is 2. The topological polar surface area (TPSA) is 133 Å². The van der Waals surface area contributed by atoms with Crippen LogP contribution < -0.4 is 10.6 Å². The molecule has 0 aromatic carbocycles. The number of nitrogens with one attached hydrogen (secondary N) is 2. The van der Waals surface area contributed by atoms with Crippen LogP contribution in [0.1, 0.15) is 0 Å². The van der Waals surface area contributed by atoms with E-state index in [1.165, 1.54) is 0 Å². The van der Waals surface area contributed by atoms with Crippen molar-refractivity contribution in [2.75, 3.05) is 0 Å². The van der Waals surface area contributed by atoms with Crippen LogP contribution in [0.15, 0.2) is 25.3 Å². The molecule has 0 aromatic rings. The van der Waals surface area contributed by atoms with Crippen LogP contribution in [0.3, 0.4) is 0 Å². The van der Waals surface area contributed by atoms with Crippen LogP contribution in [0, 0.1) is 0 Å². The third-order valence-electron chi connectivity index (χ3n) is 2.15. The summed E-state index contributed by atoms with van der Waals surface area (Å²) in [5, 5.41) is 23.0. The van der Waals surface area contributed by atoms with E-state index in [0.29, 0.717) is 0 Å². The van der Waals surface area contributed by atoms with Gasteiger partial charge < -0.3 is 0 Å². The van der Waals surface area contributed by atoms with Crippen molar-refractivity contribution in [2.45, 2.75) is 22.7 Å². The molecule has 0 aromatic heterocycles. The van der Waals surface area contributed by atoms with Gasteiger partial charge in [0.15, 0.2) is 0 Å². The zero-order valence-corrected chi connectivity index (χ0v) is 14.9. The first-order valence-electron chi connectivity index (χ1n) is 5.87. The number of rotatable bonds is 11. The van der Waals surface area contributed by atoms with Gasteiger partial charge in [-0.2, -0.15) is 0 Å². The van der Waals surface area contributed by atoms with E-state index >= 15 is 0 Å². The third kappa shape index (κ3) is 8.63. The quantitative estimate of drug-likeness (QED) is 0.178. The molecule has 2 atom stereocenters. The number of carbonyl (C=O) groups is 4. The molecule has 0 saturated heterocycles. The van der Waals surface area contributed by atoms with E-state index in [9.17, 15) is 19.2 Å². The molecule has 0 aliphatic heterocycles. The van der Waals surface area contributed by atoms with Gasteiger partial charge in [-0.05, 0) is 0 Å². The van der Waals surface area contributed by atoms with Crippen LogP contribution in [0.25, 0.3) is 0 Å². The SMILES string of the molecule is C=CC(=O)N[C@@H](C[Se][Se]C[C@H](NC(=O)C=C)C(=O)O)C(=O)O. The van der Waals surface area contributed by atoms with Gasteiger partial charge in [-0.3, -0.25) is 0 Å². The minimum absolute atomic E-state index is 0.142. The van der Waals surface area contributed by atoms with Gasteiger partial charge in [0.05, 0.1) is 0 Å². The molecule has 0 saturated carbocycles. The summed E-state index contributed by atoms with van der Waals surface area (Å²) in [7, 11) is 0. The molecule has 0 aliphatic carbocycles. The van der Waals surface area contributed by atoms with Crippen LogP contribution in [-0.4, -0.2) is 72.3 Å². The molecular formula is C12H16N2O6Se2. The summed E-state index contributed by atoms with van der Waals surface area (Å²) in [6, 6.07) is -2.03. The van der Waals surface area contributed by atoms with Gasteiger partial charge >= 0.3 is 138 Å². The van der Waals surface area contributed by atoms with E-state index in [1.54, 1.807) is 0 Å². The Labute approximate surface area is 138 Å². The van der Waals surface area contributed by atoms with Gasteiger partial charge in [0.2, 0.25) is 0 Å². The molecule has 0 radical (unpaired) electrons. The van der Waals surface area contributed by atoms with E-state index in [4.69, 9.17) is 10.2 Å². The Bertz CT molecular complexity index is 427. The zero-order chi connectivity index (χ0) is 17.1. The van der Waals surface area contributed by atoms with Gasteiger partial charge in [-0.1, -0.05) is 0 Å². The molecule has 0 bridgehead atoms. The van der Waals surface area contributed by atoms with Crippen molar-refractivity contribution in [3.63, 3.8) is 0 Å². The molecule has 0 spiro atoms. The predicted molar refractivity (Wildman–Crippen MR) is 80.6 cm³/mol. The Hall–Kier alpha value is -1.60. The zero-order valence-electron chi connectivity index (χ0n) is 11.5. The molecule has 0 unspecified atom stereocenters. The van der Waals surface area contributed by atoms with Crippen molar-refractivity contribution in [3.05, 3.63) is 25.3 Å². The van der Waals surface area contributed by atoms with Gasteiger partial charge in [0.1, 0.15) is 0 Å². The van der Waals surface area contributed by atoms with Crippen molar-refractivity contribution < 1.29 is 29.4 Å². The minimum atomic E-state index is -1.15. The number of carboxylic acid groups (broad SMARTS) is 2. The Balaban J connectivity index is 4.29. The van der Waals surface area contributed by atoms with Crippen LogP contribution in [0.4, 0.5) is 0 Å². The third-order valence-corrected chi connectivity index (χ3v) is 9.26. The summed E-state index contributed by atoms with van der Waals surface area (Å²) < 4.78 is 0. The number of hydrogen-bond donors (Lipinski definition) is 4. The average Bonchev–Trinajstić information content (AvgIpc) is 2.47. The Morgan fingerprint density at radius 1 is 0.864 bits per heavy atom. The van der Waals surface area contributed by atoms with Gasteiger partial charge in [0.25, 0.3) is 0 Å². The second-order valence-electron chi connectivity index (χ2n) is 3.78. The Morgan fingerprint density at radius 3 is 1.41 bits per heavy atom. The summed E-state index contributed by atoms with van der Waals surface area (Å²) in [5.41, 5.74) is 0. The number of hydrogen-bond acceptors (Lipinski definition) is 4. The van der Waals surface area contributed by atoms with E-state index in [1.807, 2.05) is 0 Å². The second kappa shape index (κ2) is 11.0. The molecule has 0 heterocycles. The maximum absolute atomic E-state index is 11.1. The summed E-state index contributed by atoms with van der Waals surface area (Å²) in [6.45, 7) is 6.48. The number of carboxylic acids is 2. The second-order valence-corrected chi connectivity index (χ2v) is 11.3. The molecule has 0 fully saturated rings. The van der Waals surface area contributed by atoms with Crippen LogP contribution in [0.5, 0.6) is 0 Å². The van der Waals surface area contributed by atoms with Gasteiger partial charge in [-0.15, -0.1) is 0 Å². The molecule has 0 rings (SSSR count). The fourth-order valence-electron chi connectivity index (χ4n) is 1.04. The summed E-state index contributed by atoms with van der Waals surface area (Å²) in [4.78, 5) is 44.1. The molecular weight excluding hydrogens is 426 g/mol. The van der Waals surface area contributed by atoms with Crippen LogP contribution in [0.2, 0.25) is 10.6 Å². The molecule has 22 heavy (non-hydrogen) atoms. The van der Waals surface area contributed by atoms with E-state index in [-0.39, 0.29) is 36.9 Å². The monoisotopic (exact) mass is 444 g/mol. The summed E-state index contributed by atoms with van der Waals surface area (Å²) in [5.74, 6) is -3.44. The fraction of sp³-hybridized carbons (Fsp3) is 0.333. The van der Waals surface area contributed by atoms with Gasteiger partial charge in [-0.25, -0.2) is 0 Å². The average molecular weight is 442 g/mol. The van der Waals surface area contributed by atoms with E-state index < -0.39 is 35.8 Å². The fourth-order valence-corrected chi connectivity index (χ4v) is 8.03. The van der Waals surface area contributed by atoms with E-state index in [0.717, 1.165) is 12.2 Å². The van der Waals surface area contributed by atoms with Crippen LogP contribution >= 0.6 is 0 Å². The predicted octanol–water partition coefficient (Wildman–Crippen LogP) is -1.34. The van der Waals surface area contributed by atoms with E-state index in [2.05, 4.69) is 23.8 Å². The molecule has 4 N–H and O–H groups in total. The van der Waals surface area contributed by atoms with Crippen LogP contribution in [-0.2, 0) is 19.2 Å². The first kappa shape index (κ1) is 20.4. The molecule has 2 amide bonds. The first-order valence-corrected chi connectivity index (χ1v) is 12.6. The Kier molecular flexibility index (Phi) is 10.2. The summed E-state index contributed by atoms with van der Waals surface area (Å²) in [6.07, 6.45) is 1.97. The first-order chi connectivity index (χ1) is 10.3. The molecule has 8 nitrogen and oxygen atoms in total. The molecule has 10 heteroatoms. The van der Waals surface area contributed by atoms with Crippen molar-refractivity contribution >= 4 is 50.0 Å². The molecule has 122 valence electrons. The van der Waals surface area contributed by atoms with Crippen molar-refractivity contribution in [2.24, 2.45) is 0 Å². The maximum atomic E-state index is 11.1. The van der Waals surface area contributed by atoms with Crippen molar-refractivity contribution in [3.8, 4) is 0 Å². The molecule has 0 aliphatic rings. The van der Waals surface area contributed by atoms with Crippen molar-refractivity contribution in [1.82, 2.24) is 10.6 Å². The van der Waals surface area contributed by atoms with Crippen molar-refractivity contribution in [1.29, 1.82) is 0 Å². The standard InChI is InChI=1S/C12H16N2O6Se2/c1-3-9(15)13-7(11(17)18)5-21-22-6-8(12(19)20)14-10(16)4-2/h3-4,7-8H,1-2,5-6H2,(H,13,15)(H,14,16)(H,17,18)(H,19,20)/t7-,8-/m0/s1. The van der Waals surface area contributed by atoms with Gasteiger partial charge in [0, 0.05) is 0 Å².